The molecule has 3 atom stereocenters. The molecule has 9 nitrogen and oxygen atoms in total. The number of rotatable bonds is 16. The predicted octanol–water partition coefficient (Wildman–Crippen LogP) is 3.83. The Hall–Kier alpha value is -2.44. The van der Waals surface area contributed by atoms with Gasteiger partial charge in [-0.25, -0.2) is 0 Å². The Kier molecular flexibility index (Phi) is 14.6. The number of hydrogen-bond acceptors (Lipinski definition) is 11. The summed E-state index contributed by atoms with van der Waals surface area (Å²) < 4.78 is 5.52. The molecule has 3 unspecified atom stereocenters. The van der Waals surface area contributed by atoms with Crippen LogP contribution in [-0.2, 0) is 28.8 Å². The van der Waals surface area contributed by atoms with Crippen LogP contribution in [-0.4, -0.2) is 61.9 Å². The van der Waals surface area contributed by atoms with E-state index in [1.165, 1.54) is 32.9 Å². The third-order valence-electron chi connectivity index (χ3n) is 5.25. The molecule has 0 aliphatic rings. The summed E-state index contributed by atoms with van der Waals surface area (Å²) in [5, 5.41) is 8.44. The van der Waals surface area contributed by atoms with Crippen molar-refractivity contribution in [1.82, 2.24) is 0 Å². The first-order valence-corrected chi connectivity index (χ1v) is 14.3. The van der Waals surface area contributed by atoms with E-state index in [9.17, 15) is 38.7 Å². The van der Waals surface area contributed by atoms with Crippen molar-refractivity contribution in [3.05, 3.63) is 29.3 Å². The van der Waals surface area contributed by atoms with Crippen LogP contribution in [0.2, 0.25) is 0 Å². The van der Waals surface area contributed by atoms with Crippen LogP contribution in [0.25, 0.3) is 0 Å². The van der Waals surface area contributed by atoms with E-state index < -0.39 is 34.8 Å². The molecule has 0 aromatic heterocycles. The summed E-state index contributed by atoms with van der Waals surface area (Å²) in [5.74, 6) is -5.52. The van der Waals surface area contributed by atoms with E-state index in [2.05, 4.69) is 12.6 Å². The number of hydrogen-bond donors (Lipinski definition) is 2. The van der Waals surface area contributed by atoms with Crippen LogP contribution in [0.3, 0.4) is 0 Å². The van der Waals surface area contributed by atoms with Gasteiger partial charge in [0.2, 0.25) is 5.12 Å². The standard InChI is InChI=1S/C26H32O9S3/c1-14-5-6-21(26(34)38-12-19(23(30)31)9-16(3)28)22(7-14)35-24(32)20(10-17(4)29)13-37-25(33)18(11-36)8-15(2)27/h5-7,18-20,36H,8-13H2,1-4H3,(H,30,31). The SMILES string of the molecule is CC(=O)CC(CSC(=O)c1ccc(C)cc1OC(=O)C(CSC(=O)C(CS)CC(C)=O)CC(C)=O)C(=O)O. The molecule has 0 bridgehead atoms. The largest absolute Gasteiger partial charge is 0.481 e. The van der Waals surface area contributed by atoms with Crippen molar-refractivity contribution in [2.75, 3.05) is 17.3 Å². The van der Waals surface area contributed by atoms with Crippen molar-refractivity contribution in [1.29, 1.82) is 0 Å². The van der Waals surface area contributed by atoms with Crippen LogP contribution >= 0.6 is 36.2 Å². The molecule has 0 amide bonds. The Balaban J connectivity index is 3.05. The van der Waals surface area contributed by atoms with Crippen LogP contribution in [0.5, 0.6) is 5.75 Å². The average Bonchev–Trinajstić information content (AvgIpc) is 2.81. The number of ether oxygens (including phenoxy) is 1. The number of ketones is 3. The number of benzene rings is 1. The molecule has 0 heterocycles. The van der Waals surface area contributed by atoms with Gasteiger partial charge in [-0.05, 0) is 45.4 Å². The molecule has 0 spiro atoms. The van der Waals surface area contributed by atoms with E-state index in [0.29, 0.717) is 17.3 Å². The second-order valence-electron chi connectivity index (χ2n) is 8.98. The van der Waals surface area contributed by atoms with E-state index in [4.69, 9.17) is 4.74 Å². The Morgan fingerprint density at radius 1 is 0.842 bits per heavy atom. The zero-order chi connectivity index (χ0) is 29.0. The molecule has 1 aromatic rings. The van der Waals surface area contributed by atoms with Gasteiger partial charge < -0.3 is 24.2 Å². The Morgan fingerprint density at radius 2 is 1.37 bits per heavy atom. The maximum absolute atomic E-state index is 13.0. The molecule has 208 valence electrons. The smallest absolute Gasteiger partial charge is 0.315 e. The molecule has 0 fully saturated rings. The average molecular weight is 585 g/mol. The fourth-order valence-electron chi connectivity index (χ4n) is 3.32. The lowest BCUT2D eigenvalue weighted by Crippen LogP contribution is -2.27. The topological polar surface area (TPSA) is 149 Å². The molecule has 1 rings (SSSR count). The summed E-state index contributed by atoms with van der Waals surface area (Å²) in [6, 6.07) is 4.55. The van der Waals surface area contributed by atoms with Crippen molar-refractivity contribution in [2.45, 2.75) is 47.0 Å². The van der Waals surface area contributed by atoms with E-state index in [1.54, 1.807) is 13.0 Å². The van der Waals surface area contributed by atoms with E-state index >= 15 is 0 Å². The van der Waals surface area contributed by atoms with E-state index in [1.807, 2.05) is 0 Å². The molecule has 0 aliphatic heterocycles. The lowest BCUT2D eigenvalue weighted by Gasteiger charge is -2.17. The monoisotopic (exact) mass is 584 g/mol. The van der Waals surface area contributed by atoms with Gasteiger partial charge in [-0.15, -0.1) is 0 Å². The minimum Gasteiger partial charge on any atom is -0.481 e. The van der Waals surface area contributed by atoms with Crippen molar-refractivity contribution < 1.29 is 43.4 Å². The second kappa shape index (κ2) is 16.5. The molecule has 38 heavy (non-hydrogen) atoms. The van der Waals surface area contributed by atoms with Crippen molar-refractivity contribution in [3.63, 3.8) is 0 Å². The summed E-state index contributed by atoms with van der Waals surface area (Å²) in [7, 11) is 0. The highest BCUT2D eigenvalue weighted by Gasteiger charge is 2.28. The fourth-order valence-corrected chi connectivity index (χ4v) is 5.70. The minimum absolute atomic E-state index is 0.0265. The number of esters is 1. The number of carbonyl (C=O) groups excluding carboxylic acids is 6. The molecule has 0 saturated heterocycles. The molecule has 1 N–H and O–H groups in total. The van der Waals surface area contributed by atoms with E-state index in [0.717, 1.165) is 11.8 Å². The fraction of sp³-hybridized carbons (Fsp3) is 0.500. The summed E-state index contributed by atoms with van der Waals surface area (Å²) in [6.45, 7) is 5.66. The molecule has 12 heteroatoms. The first-order valence-electron chi connectivity index (χ1n) is 11.7. The zero-order valence-corrected chi connectivity index (χ0v) is 24.2. The highest BCUT2D eigenvalue weighted by Crippen LogP contribution is 2.29. The van der Waals surface area contributed by atoms with Crippen LogP contribution in [0.1, 0.15) is 56.0 Å². The van der Waals surface area contributed by atoms with Gasteiger partial charge in [-0.2, -0.15) is 12.6 Å². The summed E-state index contributed by atoms with van der Waals surface area (Å²) >= 11 is 5.64. The number of thioether (sulfide) groups is 2. The predicted molar refractivity (Wildman–Crippen MR) is 149 cm³/mol. The third kappa shape index (κ3) is 12.0. The van der Waals surface area contributed by atoms with Crippen molar-refractivity contribution >= 4 is 75.7 Å². The van der Waals surface area contributed by atoms with Crippen LogP contribution in [0.4, 0.5) is 0 Å². The maximum atomic E-state index is 13.0. The van der Waals surface area contributed by atoms with Gasteiger partial charge >= 0.3 is 11.9 Å². The molecule has 1 aromatic carbocycles. The number of aliphatic carboxylic acids is 1. The van der Waals surface area contributed by atoms with Gasteiger partial charge in [-0.3, -0.25) is 19.2 Å². The number of thiol groups is 1. The van der Waals surface area contributed by atoms with Crippen LogP contribution in [0, 0.1) is 24.7 Å². The molecule has 0 aliphatic carbocycles. The van der Waals surface area contributed by atoms with Gasteiger partial charge in [0.15, 0.2) is 5.12 Å². The third-order valence-corrected chi connectivity index (χ3v) is 7.93. The second-order valence-corrected chi connectivity index (χ2v) is 11.4. The summed E-state index contributed by atoms with van der Waals surface area (Å²) in [6.07, 6.45) is -0.375. The van der Waals surface area contributed by atoms with Gasteiger partial charge in [0.1, 0.15) is 23.1 Å². The van der Waals surface area contributed by atoms with Crippen molar-refractivity contribution in [2.24, 2.45) is 17.8 Å². The number of Topliss-reactive ketones (excluding diaryl/α,β-unsaturated/α-hetero) is 3. The minimum atomic E-state index is -1.20. The summed E-state index contributed by atoms with van der Waals surface area (Å²) in [5.41, 5.74) is 0.714. The quantitative estimate of drug-likeness (QED) is 0.166. The normalized spacial score (nSPS) is 13.2. The zero-order valence-electron chi connectivity index (χ0n) is 21.7. The lowest BCUT2D eigenvalue weighted by atomic mass is 10.1. The Bertz CT molecular complexity index is 1080. The van der Waals surface area contributed by atoms with Gasteiger partial charge in [0.25, 0.3) is 0 Å². The van der Waals surface area contributed by atoms with Gasteiger partial charge in [-0.1, -0.05) is 29.6 Å². The van der Waals surface area contributed by atoms with E-state index in [-0.39, 0.29) is 70.3 Å². The molecular weight excluding hydrogens is 552 g/mol. The first-order chi connectivity index (χ1) is 17.7. The highest BCUT2D eigenvalue weighted by atomic mass is 32.2. The first kappa shape index (κ1) is 33.6. The Labute approximate surface area is 235 Å². The highest BCUT2D eigenvalue weighted by molar-refractivity contribution is 8.14. The number of carboxylic acid groups (broad SMARTS) is 1. The van der Waals surface area contributed by atoms with Crippen LogP contribution < -0.4 is 4.74 Å². The van der Waals surface area contributed by atoms with Gasteiger partial charge in [0, 0.05) is 42.4 Å². The molecular formula is C26H32O9S3. The van der Waals surface area contributed by atoms with Gasteiger partial charge in [0.05, 0.1) is 17.4 Å². The molecule has 0 saturated carbocycles. The number of aryl methyl sites for hydroxylation is 1. The lowest BCUT2D eigenvalue weighted by molar-refractivity contribution is -0.142. The Morgan fingerprint density at radius 3 is 1.89 bits per heavy atom. The number of carbonyl (C=O) groups is 7. The van der Waals surface area contributed by atoms with Crippen molar-refractivity contribution in [3.8, 4) is 5.75 Å². The maximum Gasteiger partial charge on any atom is 0.315 e. The number of carboxylic acids is 1. The summed E-state index contributed by atoms with van der Waals surface area (Å²) in [4.78, 5) is 84.4. The molecule has 0 radical (unpaired) electrons. The van der Waals surface area contributed by atoms with Crippen LogP contribution in [0.15, 0.2) is 18.2 Å².